The number of aryl methyl sites for hydroxylation is 1. The summed E-state index contributed by atoms with van der Waals surface area (Å²) in [6, 6.07) is 19.0. The van der Waals surface area contributed by atoms with E-state index in [4.69, 9.17) is 23.2 Å². The molecule has 0 spiro atoms. The number of amides is 2. The predicted molar refractivity (Wildman–Crippen MR) is 147 cm³/mol. The zero-order valence-electron chi connectivity index (χ0n) is 20.8. The van der Waals surface area contributed by atoms with E-state index in [9.17, 15) is 18.0 Å². The van der Waals surface area contributed by atoms with Crippen molar-refractivity contribution >= 4 is 50.7 Å². The van der Waals surface area contributed by atoms with Gasteiger partial charge in [0.25, 0.3) is 10.0 Å². The summed E-state index contributed by atoms with van der Waals surface area (Å²) in [5.41, 5.74) is 1.89. The Kier molecular flexibility index (Phi) is 9.59. The van der Waals surface area contributed by atoms with E-state index in [0.717, 1.165) is 9.87 Å². The van der Waals surface area contributed by atoms with E-state index < -0.39 is 28.5 Å². The van der Waals surface area contributed by atoms with Crippen molar-refractivity contribution in [3.05, 3.63) is 94.0 Å². The maximum absolute atomic E-state index is 13.8. The van der Waals surface area contributed by atoms with E-state index >= 15 is 0 Å². The monoisotopic (exact) mass is 561 g/mol. The van der Waals surface area contributed by atoms with Crippen molar-refractivity contribution in [3.63, 3.8) is 0 Å². The van der Waals surface area contributed by atoms with Gasteiger partial charge in [-0.1, -0.05) is 72.1 Å². The molecule has 1 N–H and O–H groups in total. The highest BCUT2D eigenvalue weighted by molar-refractivity contribution is 7.92. The number of halogens is 2. The molecular formula is C27H29Cl2N3O4S. The maximum atomic E-state index is 13.8. The first-order chi connectivity index (χ1) is 17.6. The number of nitrogens with zero attached hydrogens (tertiary/aromatic N) is 2. The van der Waals surface area contributed by atoms with E-state index in [-0.39, 0.29) is 17.3 Å². The van der Waals surface area contributed by atoms with Gasteiger partial charge in [-0.15, -0.1) is 0 Å². The third-order valence-corrected chi connectivity index (χ3v) is 8.43. The fourth-order valence-electron chi connectivity index (χ4n) is 3.88. The summed E-state index contributed by atoms with van der Waals surface area (Å²) in [5, 5.41) is 3.27. The lowest BCUT2D eigenvalue weighted by atomic mass is 10.1. The minimum absolute atomic E-state index is 0.0366. The first-order valence-electron chi connectivity index (χ1n) is 11.7. The molecule has 0 aliphatic rings. The highest BCUT2D eigenvalue weighted by Crippen LogP contribution is 2.26. The third-order valence-electron chi connectivity index (χ3n) is 5.90. The van der Waals surface area contributed by atoms with Crippen LogP contribution in [0.5, 0.6) is 0 Å². The Hall–Kier alpha value is -3.07. The Morgan fingerprint density at radius 2 is 1.59 bits per heavy atom. The van der Waals surface area contributed by atoms with Gasteiger partial charge in [-0.2, -0.15) is 0 Å². The zero-order valence-corrected chi connectivity index (χ0v) is 23.1. The van der Waals surface area contributed by atoms with E-state index in [1.165, 1.54) is 24.1 Å². The van der Waals surface area contributed by atoms with Gasteiger partial charge in [-0.05, 0) is 55.3 Å². The second-order valence-electron chi connectivity index (χ2n) is 8.47. The van der Waals surface area contributed by atoms with Crippen LogP contribution >= 0.6 is 23.2 Å². The highest BCUT2D eigenvalue weighted by atomic mass is 35.5. The summed E-state index contributed by atoms with van der Waals surface area (Å²) in [7, 11) is -2.61. The fraction of sp³-hybridized carbons (Fsp3) is 0.259. The summed E-state index contributed by atoms with van der Waals surface area (Å²) in [5.74, 6) is -0.898. The van der Waals surface area contributed by atoms with Crippen LogP contribution in [0.1, 0.15) is 24.5 Å². The minimum Gasteiger partial charge on any atom is -0.357 e. The van der Waals surface area contributed by atoms with Crippen LogP contribution in [0.4, 0.5) is 5.69 Å². The van der Waals surface area contributed by atoms with Crippen LogP contribution in [0.25, 0.3) is 0 Å². The topological polar surface area (TPSA) is 86.8 Å². The zero-order chi connectivity index (χ0) is 27.2. The first-order valence-corrected chi connectivity index (χ1v) is 13.9. The average Bonchev–Trinajstić information content (AvgIpc) is 2.89. The quantitative estimate of drug-likeness (QED) is 0.375. The van der Waals surface area contributed by atoms with Crippen LogP contribution in [0.15, 0.2) is 77.7 Å². The molecule has 0 saturated carbocycles. The summed E-state index contributed by atoms with van der Waals surface area (Å²) >= 11 is 12.2. The van der Waals surface area contributed by atoms with Crippen LogP contribution in [0.2, 0.25) is 10.0 Å². The standard InChI is InChI=1S/C27H29Cl2N3O4S/c1-4-25(27(34)30-3)31(17-20-12-15-23(28)24(29)16-20)26(33)18-32(21-8-6-5-7-9-21)37(35,36)22-13-10-19(2)11-14-22/h5-16,25H,4,17-18H2,1-3H3,(H,30,34)/t25-/m0/s1. The molecular weight excluding hydrogens is 533 g/mol. The Labute approximate surface area is 228 Å². The second kappa shape index (κ2) is 12.4. The smallest absolute Gasteiger partial charge is 0.264 e. The van der Waals surface area contributed by atoms with Crippen LogP contribution < -0.4 is 9.62 Å². The molecule has 0 bridgehead atoms. The molecule has 3 rings (SSSR count). The van der Waals surface area contributed by atoms with Crippen LogP contribution in [0, 0.1) is 6.92 Å². The van der Waals surface area contributed by atoms with Gasteiger partial charge in [0.05, 0.1) is 20.6 Å². The molecule has 0 aliphatic heterocycles. The number of anilines is 1. The fourth-order valence-corrected chi connectivity index (χ4v) is 5.62. The molecule has 0 unspecified atom stereocenters. The largest absolute Gasteiger partial charge is 0.357 e. The summed E-state index contributed by atoms with van der Waals surface area (Å²) in [6.07, 6.45) is 0.322. The molecule has 3 aromatic carbocycles. The number of likely N-dealkylation sites (N-methyl/N-ethyl adjacent to an activating group) is 1. The van der Waals surface area contributed by atoms with Crippen molar-refractivity contribution in [3.8, 4) is 0 Å². The van der Waals surface area contributed by atoms with Crippen molar-refractivity contribution < 1.29 is 18.0 Å². The molecule has 10 heteroatoms. The molecule has 0 heterocycles. The van der Waals surface area contributed by atoms with Crippen molar-refractivity contribution in [1.82, 2.24) is 10.2 Å². The van der Waals surface area contributed by atoms with Gasteiger partial charge in [0.15, 0.2) is 0 Å². The second-order valence-corrected chi connectivity index (χ2v) is 11.1. The third kappa shape index (κ3) is 6.83. The summed E-state index contributed by atoms with van der Waals surface area (Å²) in [6.45, 7) is 3.18. The molecule has 0 radical (unpaired) electrons. The average molecular weight is 563 g/mol. The van der Waals surface area contributed by atoms with Gasteiger partial charge in [0.1, 0.15) is 12.6 Å². The van der Waals surface area contributed by atoms with Gasteiger partial charge in [0.2, 0.25) is 11.8 Å². The number of para-hydroxylation sites is 1. The van der Waals surface area contributed by atoms with E-state index in [1.807, 2.05) is 6.92 Å². The lowest BCUT2D eigenvalue weighted by molar-refractivity contribution is -0.140. The van der Waals surface area contributed by atoms with E-state index in [0.29, 0.717) is 27.7 Å². The maximum Gasteiger partial charge on any atom is 0.264 e. The SMILES string of the molecule is CC[C@@H](C(=O)NC)N(Cc1ccc(Cl)c(Cl)c1)C(=O)CN(c1ccccc1)S(=O)(=O)c1ccc(C)cc1. The molecule has 0 aromatic heterocycles. The van der Waals surface area contributed by atoms with Gasteiger partial charge >= 0.3 is 0 Å². The Morgan fingerprint density at radius 1 is 0.946 bits per heavy atom. The summed E-state index contributed by atoms with van der Waals surface area (Å²) < 4.78 is 28.5. The number of nitrogens with one attached hydrogen (secondary N) is 1. The van der Waals surface area contributed by atoms with Crippen molar-refractivity contribution in [2.24, 2.45) is 0 Å². The molecule has 7 nitrogen and oxygen atoms in total. The number of hydrogen-bond acceptors (Lipinski definition) is 4. The number of rotatable bonds is 10. The Morgan fingerprint density at radius 3 is 2.16 bits per heavy atom. The highest BCUT2D eigenvalue weighted by Gasteiger charge is 2.33. The number of sulfonamides is 1. The number of carbonyl (C=O) groups excluding carboxylic acids is 2. The lowest BCUT2D eigenvalue weighted by Crippen LogP contribution is -2.51. The van der Waals surface area contributed by atoms with E-state index in [1.54, 1.807) is 67.6 Å². The lowest BCUT2D eigenvalue weighted by Gasteiger charge is -2.33. The predicted octanol–water partition coefficient (Wildman–Crippen LogP) is 5.05. The molecule has 1 atom stereocenters. The molecule has 0 saturated heterocycles. The van der Waals surface area contributed by atoms with Crippen LogP contribution in [0.3, 0.4) is 0 Å². The Bertz CT molecular complexity index is 1350. The normalized spacial score (nSPS) is 12.0. The molecule has 3 aromatic rings. The molecule has 0 aliphatic carbocycles. The van der Waals surface area contributed by atoms with Crippen molar-refractivity contribution in [2.75, 3.05) is 17.9 Å². The van der Waals surface area contributed by atoms with Gasteiger partial charge in [-0.3, -0.25) is 13.9 Å². The number of hydrogen-bond donors (Lipinski definition) is 1. The molecule has 0 fully saturated rings. The van der Waals surface area contributed by atoms with Gasteiger partial charge in [0, 0.05) is 13.6 Å². The molecule has 37 heavy (non-hydrogen) atoms. The van der Waals surface area contributed by atoms with Gasteiger partial charge < -0.3 is 10.2 Å². The molecule has 196 valence electrons. The summed E-state index contributed by atoms with van der Waals surface area (Å²) in [4.78, 5) is 28.0. The van der Waals surface area contributed by atoms with Crippen molar-refractivity contribution in [1.29, 1.82) is 0 Å². The van der Waals surface area contributed by atoms with E-state index in [2.05, 4.69) is 5.32 Å². The number of carbonyl (C=O) groups is 2. The first kappa shape index (κ1) is 28.5. The van der Waals surface area contributed by atoms with Crippen molar-refractivity contribution in [2.45, 2.75) is 37.8 Å². The van der Waals surface area contributed by atoms with Gasteiger partial charge in [-0.25, -0.2) is 8.42 Å². The minimum atomic E-state index is -4.10. The Balaban J connectivity index is 2.04. The van der Waals surface area contributed by atoms with Crippen LogP contribution in [-0.4, -0.2) is 44.8 Å². The molecule has 2 amide bonds. The van der Waals surface area contributed by atoms with Crippen LogP contribution in [-0.2, 0) is 26.2 Å². The number of benzene rings is 3.